The van der Waals surface area contributed by atoms with Crippen LogP contribution in [0, 0.1) is 12.7 Å². The summed E-state index contributed by atoms with van der Waals surface area (Å²) in [6.45, 7) is 1.91. The van der Waals surface area contributed by atoms with Gasteiger partial charge in [-0.25, -0.2) is 4.39 Å². The van der Waals surface area contributed by atoms with Gasteiger partial charge in [-0.1, -0.05) is 0 Å². The number of ether oxygens (including phenoxy) is 1. The predicted octanol–water partition coefficient (Wildman–Crippen LogP) is 4.58. The Morgan fingerprint density at radius 3 is 2.25 bits per heavy atom. The van der Waals surface area contributed by atoms with E-state index in [9.17, 15) is 9.50 Å². The predicted molar refractivity (Wildman–Crippen MR) is 94.5 cm³/mol. The summed E-state index contributed by atoms with van der Waals surface area (Å²) in [4.78, 5) is 2.20. The fourth-order valence-electron chi connectivity index (χ4n) is 3.49. The SMILES string of the molecule is COc1ccc(N(c2cc(C)cc(F)c2)C2CCC(O)CC2)cc1. The van der Waals surface area contributed by atoms with Gasteiger partial charge in [-0.2, -0.15) is 0 Å². The first-order valence-electron chi connectivity index (χ1n) is 8.45. The second kappa shape index (κ2) is 7.22. The largest absolute Gasteiger partial charge is 0.497 e. The minimum atomic E-state index is -0.223. The monoisotopic (exact) mass is 329 g/mol. The smallest absolute Gasteiger partial charge is 0.125 e. The van der Waals surface area contributed by atoms with E-state index in [1.54, 1.807) is 19.2 Å². The number of anilines is 2. The highest BCUT2D eigenvalue weighted by molar-refractivity contribution is 5.65. The number of halogens is 1. The minimum Gasteiger partial charge on any atom is -0.497 e. The van der Waals surface area contributed by atoms with Crippen LogP contribution in [0.5, 0.6) is 5.75 Å². The van der Waals surface area contributed by atoms with Gasteiger partial charge in [0, 0.05) is 17.4 Å². The molecule has 0 radical (unpaired) electrons. The zero-order valence-electron chi connectivity index (χ0n) is 14.2. The molecule has 0 aromatic heterocycles. The number of rotatable bonds is 4. The maximum absolute atomic E-state index is 14.0. The van der Waals surface area contributed by atoms with Crippen LogP contribution < -0.4 is 9.64 Å². The van der Waals surface area contributed by atoms with E-state index in [4.69, 9.17) is 4.74 Å². The van der Waals surface area contributed by atoms with Gasteiger partial charge in [0.15, 0.2) is 0 Å². The molecule has 0 heterocycles. The Hall–Kier alpha value is -2.07. The lowest BCUT2D eigenvalue weighted by molar-refractivity contribution is 0.123. The number of hydrogen-bond acceptors (Lipinski definition) is 3. The number of aliphatic hydroxyl groups excluding tert-OH is 1. The molecule has 1 N–H and O–H groups in total. The van der Waals surface area contributed by atoms with Gasteiger partial charge in [-0.15, -0.1) is 0 Å². The lowest BCUT2D eigenvalue weighted by atomic mass is 9.91. The molecule has 3 nitrogen and oxygen atoms in total. The van der Waals surface area contributed by atoms with Crippen LogP contribution in [0.2, 0.25) is 0 Å². The maximum atomic E-state index is 14.0. The van der Waals surface area contributed by atoms with E-state index < -0.39 is 0 Å². The molecular formula is C20H24FNO2. The third-order valence-corrected chi connectivity index (χ3v) is 4.69. The van der Waals surface area contributed by atoms with Crippen molar-refractivity contribution in [2.75, 3.05) is 12.0 Å². The third-order valence-electron chi connectivity index (χ3n) is 4.69. The topological polar surface area (TPSA) is 32.7 Å². The van der Waals surface area contributed by atoms with E-state index in [1.165, 1.54) is 0 Å². The number of hydrogen-bond donors (Lipinski definition) is 1. The first kappa shape index (κ1) is 16.8. The lowest BCUT2D eigenvalue weighted by Crippen LogP contribution is -2.36. The normalized spacial score (nSPS) is 20.7. The van der Waals surface area contributed by atoms with E-state index in [-0.39, 0.29) is 18.0 Å². The highest BCUT2D eigenvalue weighted by Crippen LogP contribution is 2.35. The average Bonchev–Trinajstić information content (AvgIpc) is 2.57. The summed E-state index contributed by atoms with van der Waals surface area (Å²) in [6.07, 6.45) is 3.14. The molecule has 0 bridgehead atoms. The van der Waals surface area contributed by atoms with Gasteiger partial charge in [0.1, 0.15) is 11.6 Å². The Kier molecular flexibility index (Phi) is 5.05. The van der Waals surface area contributed by atoms with Crippen LogP contribution in [0.15, 0.2) is 42.5 Å². The van der Waals surface area contributed by atoms with Gasteiger partial charge in [0.05, 0.1) is 13.2 Å². The molecule has 1 aliphatic rings. The quantitative estimate of drug-likeness (QED) is 0.891. The number of nitrogens with zero attached hydrogens (tertiary/aromatic N) is 1. The molecule has 4 heteroatoms. The van der Waals surface area contributed by atoms with Crippen LogP contribution in [0.1, 0.15) is 31.2 Å². The Balaban J connectivity index is 1.99. The molecule has 3 rings (SSSR count). The van der Waals surface area contributed by atoms with Crippen molar-refractivity contribution < 1.29 is 14.2 Å². The average molecular weight is 329 g/mol. The number of benzene rings is 2. The zero-order valence-corrected chi connectivity index (χ0v) is 14.2. The van der Waals surface area contributed by atoms with Gasteiger partial charge in [-0.05, 0) is 80.6 Å². The van der Waals surface area contributed by atoms with E-state index in [1.807, 2.05) is 37.3 Å². The summed E-state index contributed by atoms with van der Waals surface area (Å²) >= 11 is 0. The second-order valence-corrected chi connectivity index (χ2v) is 6.52. The third kappa shape index (κ3) is 3.70. The van der Waals surface area contributed by atoms with Crippen LogP contribution in [0.25, 0.3) is 0 Å². The van der Waals surface area contributed by atoms with Crippen LogP contribution in [0.4, 0.5) is 15.8 Å². The van der Waals surface area contributed by atoms with E-state index in [0.29, 0.717) is 0 Å². The zero-order chi connectivity index (χ0) is 17.1. The summed E-state index contributed by atoms with van der Waals surface area (Å²) in [6, 6.07) is 13.2. The number of aryl methyl sites for hydroxylation is 1. The van der Waals surface area contributed by atoms with Crippen LogP contribution in [-0.4, -0.2) is 24.4 Å². The maximum Gasteiger partial charge on any atom is 0.125 e. The van der Waals surface area contributed by atoms with Crippen molar-refractivity contribution in [1.29, 1.82) is 0 Å². The molecule has 128 valence electrons. The summed E-state index contributed by atoms with van der Waals surface area (Å²) in [5.74, 6) is 0.576. The summed E-state index contributed by atoms with van der Waals surface area (Å²) in [5, 5.41) is 9.81. The Morgan fingerprint density at radius 1 is 1.00 bits per heavy atom. The highest BCUT2D eigenvalue weighted by atomic mass is 19.1. The molecule has 0 atom stereocenters. The van der Waals surface area contributed by atoms with E-state index >= 15 is 0 Å². The van der Waals surface area contributed by atoms with Crippen LogP contribution in [0.3, 0.4) is 0 Å². The fourth-order valence-corrected chi connectivity index (χ4v) is 3.49. The molecular weight excluding hydrogens is 305 g/mol. The molecule has 0 spiro atoms. The molecule has 2 aromatic carbocycles. The molecule has 0 aliphatic heterocycles. The van der Waals surface area contributed by atoms with Crippen LogP contribution in [-0.2, 0) is 0 Å². The molecule has 0 saturated heterocycles. The standard InChI is InChI=1S/C20H24FNO2/c1-14-11-15(21)13-18(12-14)22(16-3-7-19(23)8-4-16)17-5-9-20(24-2)10-6-17/h5-6,9-13,16,19,23H,3-4,7-8H2,1-2H3. The van der Waals surface area contributed by atoms with Gasteiger partial charge in [-0.3, -0.25) is 0 Å². The molecule has 24 heavy (non-hydrogen) atoms. The van der Waals surface area contributed by atoms with E-state index in [2.05, 4.69) is 4.90 Å². The Labute approximate surface area is 142 Å². The van der Waals surface area contributed by atoms with Crippen LogP contribution >= 0.6 is 0 Å². The fraction of sp³-hybridized carbons (Fsp3) is 0.400. The molecule has 1 aliphatic carbocycles. The van der Waals surface area contributed by atoms with Crippen molar-refractivity contribution in [3.63, 3.8) is 0 Å². The first-order chi connectivity index (χ1) is 11.6. The van der Waals surface area contributed by atoms with Crippen molar-refractivity contribution in [2.24, 2.45) is 0 Å². The summed E-state index contributed by atoms with van der Waals surface area (Å²) in [5.41, 5.74) is 2.78. The summed E-state index contributed by atoms with van der Waals surface area (Å²) in [7, 11) is 1.64. The van der Waals surface area contributed by atoms with Crippen molar-refractivity contribution in [3.05, 3.63) is 53.8 Å². The van der Waals surface area contributed by atoms with E-state index in [0.717, 1.165) is 48.4 Å². The molecule has 0 amide bonds. The summed E-state index contributed by atoms with van der Waals surface area (Å²) < 4.78 is 19.2. The second-order valence-electron chi connectivity index (χ2n) is 6.52. The van der Waals surface area contributed by atoms with Crippen molar-refractivity contribution >= 4 is 11.4 Å². The van der Waals surface area contributed by atoms with Gasteiger partial charge >= 0.3 is 0 Å². The Morgan fingerprint density at radius 2 is 1.67 bits per heavy atom. The van der Waals surface area contributed by atoms with Crippen molar-refractivity contribution in [2.45, 2.75) is 44.8 Å². The molecule has 2 aromatic rings. The number of methoxy groups -OCH3 is 1. The van der Waals surface area contributed by atoms with Crippen molar-refractivity contribution in [1.82, 2.24) is 0 Å². The molecule has 1 saturated carbocycles. The molecule has 1 fully saturated rings. The van der Waals surface area contributed by atoms with Gasteiger partial charge < -0.3 is 14.7 Å². The highest BCUT2D eigenvalue weighted by Gasteiger charge is 2.26. The van der Waals surface area contributed by atoms with Crippen molar-refractivity contribution in [3.8, 4) is 5.75 Å². The Bertz CT molecular complexity index is 658. The first-order valence-corrected chi connectivity index (χ1v) is 8.45. The molecule has 0 unspecified atom stereocenters. The minimum absolute atomic E-state index is 0.215. The lowest BCUT2D eigenvalue weighted by Gasteiger charge is -2.37. The number of aliphatic hydroxyl groups is 1. The van der Waals surface area contributed by atoms with Gasteiger partial charge in [0.25, 0.3) is 0 Å². The van der Waals surface area contributed by atoms with Gasteiger partial charge in [0.2, 0.25) is 0 Å².